The number of carbonyl (C=O) groups excluding carboxylic acids is 3. The van der Waals surface area contributed by atoms with Gasteiger partial charge in [0.25, 0.3) is 0 Å². The fourth-order valence-electron chi connectivity index (χ4n) is 3.34. The molecule has 0 aliphatic heterocycles. The minimum Gasteiger partial charge on any atom is -0.462 e. The Labute approximate surface area is 238 Å². The molecule has 0 aliphatic carbocycles. The number of esters is 1. The van der Waals surface area contributed by atoms with Gasteiger partial charge in [-0.2, -0.15) is 13.2 Å². The van der Waals surface area contributed by atoms with Crippen LogP contribution < -0.4 is 16.0 Å². The molecule has 0 saturated heterocycles. The van der Waals surface area contributed by atoms with Gasteiger partial charge in [0.2, 0.25) is 5.78 Å². The zero-order chi connectivity index (χ0) is 30.7. The molecule has 41 heavy (non-hydrogen) atoms. The van der Waals surface area contributed by atoms with Gasteiger partial charge in [-0.25, -0.2) is 23.9 Å². The zero-order valence-electron chi connectivity index (χ0n) is 22.9. The molecule has 1 aromatic carbocycles. The van der Waals surface area contributed by atoms with E-state index in [9.17, 15) is 31.9 Å². The second-order valence-electron chi connectivity index (χ2n) is 8.08. The van der Waals surface area contributed by atoms with E-state index >= 15 is 0 Å². The van der Waals surface area contributed by atoms with Gasteiger partial charge in [0.1, 0.15) is 22.2 Å². The average molecular weight is 596 g/mol. The first-order valence-corrected chi connectivity index (χ1v) is 13.1. The van der Waals surface area contributed by atoms with Crippen molar-refractivity contribution < 1.29 is 36.7 Å². The van der Waals surface area contributed by atoms with Crippen LogP contribution in [0.5, 0.6) is 0 Å². The number of Topliss-reactive ketones (excluding diaryl/α,β-unsaturated/α-hetero) is 1. The summed E-state index contributed by atoms with van der Waals surface area (Å²) in [6.45, 7) is 5.01. The Bertz CT molecular complexity index is 1420. The third-order valence-electron chi connectivity index (χ3n) is 5.06. The van der Waals surface area contributed by atoms with Crippen LogP contribution in [0.3, 0.4) is 0 Å². The summed E-state index contributed by atoms with van der Waals surface area (Å²) in [6, 6.07) is 4.21. The van der Waals surface area contributed by atoms with Crippen LogP contribution in [0, 0.1) is 5.82 Å². The number of benzene rings is 1. The highest BCUT2D eigenvalue weighted by Crippen LogP contribution is 2.39. The molecule has 3 rings (SSSR count). The van der Waals surface area contributed by atoms with Gasteiger partial charge in [0.05, 0.1) is 12.2 Å². The van der Waals surface area contributed by atoms with Crippen molar-refractivity contribution in [3.05, 3.63) is 64.6 Å². The number of amides is 2. The van der Waals surface area contributed by atoms with E-state index in [2.05, 4.69) is 25.9 Å². The molecule has 3 N–H and O–H groups in total. The number of nitrogens with zero attached hydrogens (tertiary/aromatic N) is 2. The summed E-state index contributed by atoms with van der Waals surface area (Å²) in [4.78, 5) is 44.9. The van der Waals surface area contributed by atoms with Crippen molar-refractivity contribution in [1.29, 1.82) is 0 Å². The molecule has 14 heteroatoms. The standard InChI is InChI=1S/C25H22F4N4O4S.C2H7N/c1-4-14(23(35)37-6-3)21(34)16-9-13(7-8-18(16)26)17-11-31-20(33-24(36)30-5-2)10-15(17)22-32-19(12-38-22)25(27,28)29;1-3-2/h4,7-12H,5-6H2,1-3H3,(H2,30,31,33,36);3H,1-2H3/b14-4-;. The fraction of sp³-hybridized carbons (Fsp3) is 0.296. The number of ketones is 1. The largest absolute Gasteiger partial charge is 0.462 e. The van der Waals surface area contributed by atoms with Gasteiger partial charge < -0.3 is 15.4 Å². The van der Waals surface area contributed by atoms with Crippen LogP contribution in [0.25, 0.3) is 21.7 Å². The van der Waals surface area contributed by atoms with E-state index in [0.717, 1.165) is 17.5 Å². The Morgan fingerprint density at radius 3 is 2.34 bits per heavy atom. The Hall–Kier alpha value is -4.17. The van der Waals surface area contributed by atoms with Gasteiger partial charge in [0, 0.05) is 29.2 Å². The lowest BCUT2D eigenvalue weighted by Crippen LogP contribution is -2.28. The van der Waals surface area contributed by atoms with E-state index in [1.807, 2.05) is 14.1 Å². The van der Waals surface area contributed by atoms with E-state index in [-0.39, 0.29) is 39.7 Å². The number of rotatable bonds is 8. The van der Waals surface area contributed by atoms with Gasteiger partial charge in [-0.3, -0.25) is 10.1 Å². The number of carbonyl (C=O) groups is 3. The maximum Gasteiger partial charge on any atom is 0.434 e. The third kappa shape index (κ3) is 8.66. The number of hydrogen-bond acceptors (Lipinski definition) is 8. The van der Waals surface area contributed by atoms with Gasteiger partial charge in [0.15, 0.2) is 5.69 Å². The molecule has 3 aromatic rings. The van der Waals surface area contributed by atoms with E-state index in [4.69, 9.17) is 4.74 Å². The molecule has 2 amide bonds. The summed E-state index contributed by atoms with van der Waals surface area (Å²) < 4.78 is 59.3. The molecule has 9 nitrogen and oxygen atoms in total. The lowest BCUT2D eigenvalue weighted by molar-refractivity contribution is -0.140. The quantitative estimate of drug-likeness (QED) is 0.0763. The highest BCUT2D eigenvalue weighted by molar-refractivity contribution is 7.13. The lowest BCUT2D eigenvalue weighted by atomic mass is 9.96. The summed E-state index contributed by atoms with van der Waals surface area (Å²) >= 11 is 0.709. The summed E-state index contributed by atoms with van der Waals surface area (Å²) in [6.07, 6.45) is -2.22. The molecule has 0 bridgehead atoms. The predicted molar refractivity (Wildman–Crippen MR) is 148 cm³/mol. The molecule has 0 saturated carbocycles. The Balaban J connectivity index is 0.00000187. The molecule has 0 radical (unpaired) electrons. The normalized spacial score (nSPS) is 11.3. The Morgan fingerprint density at radius 2 is 1.78 bits per heavy atom. The van der Waals surface area contributed by atoms with Crippen LogP contribution in [-0.4, -0.2) is 55.0 Å². The maximum atomic E-state index is 14.7. The second-order valence-corrected chi connectivity index (χ2v) is 8.94. The van der Waals surface area contributed by atoms with Crippen molar-refractivity contribution in [2.45, 2.75) is 26.9 Å². The van der Waals surface area contributed by atoms with Crippen LogP contribution in [0.2, 0.25) is 0 Å². The van der Waals surface area contributed by atoms with Crippen molar-refractivity contribution in [2.24, 2.45) is 0 Å². The highest BCUT2D eigenvalue weighted by atomic mass is 32.1. The first kappa shape index (κ1) is 33.0. The number of nitrogens with one attached hydrogen (secondary N) is 3. The SMILES string of the molecule is C/C=C(\C(=O)OCC)C(=O)c1cc(-c2cnc(NC(=O)NCC)cc2-c2nc(C(F)(F)F)cs2)ccc1F.CNC. The van der Waals surface area contributed by atoms with Crippen LogP contribution in [0.15, 0.2) is 47.5 Å². The van der Waals surface area contributed by atoms with E-state index in [1.54, 1.807) is 13.8 Å². The van der Waals surface area contributed by atoms with Crippen LogP contribution >= 0.6 is 11.3 Å². The van der Waals surface area contributed by atoms with Crippen molar-refractivity contribution in [3.63, 3.8) is 0 Å². The molecule has 220 valence electrons. The molecule has 0 fully saturated rings. The smallest absolute Gasteiger partial charge is 0.434 e. The molecule has 0 atom stereocenters. The minimum absolute atomic E-state index is 0.00535. The topological polar surface area (TPSA) is 122 Å². The predicted octanol–water partition coefficient (Wildman–Crippen LogP) is 5.70. The fourth-order valence-corrected chi connectivity index (χ4v) is 4.20. The molecule has 0 spiro atoms. The third-order valence-corrected chi connectivity index (χ3v) is 5.93. The average Bonchev–Trinajstić information content (AvgIpc) is 3.41. The lowest BCUT2D eigenvalue weighted by Gasteiger charge is -2.13. The summed E-state index contributed by atoms with van der Waals surface area (Å²) in [5, 5.41) is 8.53. The molecule has 0 aliphatic rings. The Kier molecular flexibility index (Phi) is 12.1. The zero-order valence-corrected chi connectivity index (χ0v) is 23.7. The maximum absolute atomic E-state index is 14.7. The van der Waals surface area contributed by atoms with Crippen LogP contribution in [-0.2, 0) is 15.7 Å². The number of pyridine rings is 1. The van der Waals surface area contributed by atoms with Crippen LogP contribution in [0.1, 0.15) is 36.8 Å². The van der Waals surface area contributed by atoms with Gasteiger partial charge in [-0.15, -0.1) is 11.3 Å². The van der Waals surface area contributed by atoms with Crippen molar-refractivity contribution >= 4 is 34.9 Å². The first-order valence-electron chi connectivity index (χ1n) is 12.3. The molecule has 2 aromatic heterocycles. The Morgan fingerprint density at radius 1 is 1.10 bits per heavy atom. The number of alkyl halides is 3. The number of aromatic nitrogens is 2. The second kappa shape index (κ2) is 15.0. The number of urea groups is 1. The summed E-state index contributed by atoms with van der Waals surface area (Å²) in [5.74, 6) is -2.74. The van der Waals surface area contributed by atoms with Crippen molar-refractivity contribution in [2.75, 3.05) is 32.6 Å². The van der Waals surface area contributed by atoms with E-state index in [0.29, 0.717) is 17.9 Å². The summed E-state index contributed by atoms with van der Waals surface area (Å²) in [7, 11) is 3.75. The first-order chi connectivity index (χ1) is 19.4. The van der Waals surface area contributed by atoms with Gasteiger partial charge in [-0.1, -0.05) is 12.1 Å². The monoisotopic (exact) mass is 595 g/mol. The van der Waals surface area contributed by atoms with E-state index < -0.39 is 41.0 Å². The number of ether oxygens (including phenoxy) is 1. The van der Waals surface area contributed by atoms with E-state index in [1.165, 1.54) is 31.3 Å². The molecule has 0 unspecified atom stereocenters. The molecule has 2 heterocycles. The van der Waals surface area contributed by atoms with Gasteiger partial charge in [-0.05, 0) is 58.6 Å². The highest BCUT2D eigenvalue weighted by Gasteiger charge is 2.34. The number of thiazole rings is 1. The number of allylic oxidation sites excluding steroid dienone is 1. The number of hydrogen-bond donors (Lipinski definition) is 3. The van der Waals surface area contributed by atoms with Crippen molar-refractivity contribution in [3.8, 4) is 21.7 Å². The van der Waals surface area contributed by atoms with Gasteiger partial charge >= 0.3 is 18.2 Å². The number of anilines is 1. The molecular formula is C27H29F4N5O4S. The van der Waals surface area contributed by atoms with Crippen molar-refractivity contribution in [1.82, 2.24) is 20.6 Å². The van der Waals surface area contributed by atoms with Crippen LogP contribution in [0.4, 0.5) is 28.2 Å². The minimum atomic E-state index is -4.69. The molecular weight excluding hydrogens is 566 g/mol. The summed E-state index contributed by atoms with van der Waals surface area (Å²) in [5.41, 5.74) is -1.37. The number of halogens is 4.